The summed E-state index contributed by atoms with van der Waals surface area (Å²) in [5.74, 6) is 2.66. The minimum Gasteiger partial charge on any atom is -0.356 e. The molecule has 0 spiro atoms. The number of nitrogens with one attached hydrogen (secondary N) is 3. The molecule has 4 atom stereocenters. The van der Waals surface area contributed by atoms with Gasteiger partial charge >= 0.3 is 0 Å². The van der Waals surface area contributed by atoms with Gasteiger partial charge in [-0.25, -0.2) is 0 Å². The number of carbonyl (C=O) groups excluding carboxylic acids is 1. The first kappa shape index (κ1) is 21.4. The number of nitrogens with zero attached hydrogens (tertiary/aromatic N) is 1. The predicted octanol–water partition coefficient (Wildman–Crippen LogP) is 3.41. The number of guanidine groups is 1. The molecule has 5 nitrogen and oxygen atoms in total. The van der Waals surface area contributed by atoms with E-state index in [0.29, 0.717) is 23.9 Å². The number of aliphatic imine (C=N–C) groups is 1. The average molecular weight is 496 g/mol. The maximum Gasteiger partial charge on any atom is 0.223 e. The second-order valence-corrected chi connectivity index (χ2v) is 8.45. The van der Waals surface area contributed by atoms with Crippen LogP contribution in [0.1, 0.15) is 56.4 Å². The Balaban J connectivity index is 0.00000225. The van der Waals surface area contributed by atoms with E-state index < -0.39 is 0 Å². The normalized spacial score (nSPS) is 29.4. The largest absolute Gasteiger partial charge is 0.356 e. The van der Waals surface area contributed by atoms with Crippen LogP contribution in [0, 0.1) is 11.8 Å². The fourth-order valence-corrected chi connectivity index (χ4v) is 4.30. The Morgan fingerprint density at radius 1 is 1.04 bits per heavy atom. The Labute approximate surface area is 185 Å². The first-order valence-electron chi connectivity index (χ1n) is 10.6. The van der Waals surface area contributed by atoms with Crippen LogP contribution in [0.4, 0.5) is 0 Å². The molecule has 1 amide bonds. The van der Waals surface area contributed by atoms with Gasteiger partial charge in [0.1, 0.15) is 0 Å². The predicted molar refractivity (Wildman–Crippen MR) is 124 cm³/mol. The zero-order valence-corrected chi connectivity index (χ0v) is 19.0. The summed E-state index contributed by atoms with van der Waals surface area (Å²) in [5, 5.41) is 10.2. The molecule has 0 aliphatic heterocycles. The molecule has 3 fully saturated rings. The maximum absolute atomic E-state index is 12.4. The Morgan fingerprint density at radius 2 is 1.82 bits per heavy atom. The van der Waals surface area contributed by atoms with Gasteiger partial charge in [-0.2, -0.15) is 0 Å². The van der Waals surface area contributed by atoms with Crippen molar-refractivity contribution < 1.29 is 4.79 Å². The van der Waals surface area contributed by atoms with E-state index in [4.69, 9.17) is 0 Å². The number of rotatable bonds is 6. The Kier molecular flexibility index (Phi) is 7.60. The Morgan fingerprint density at radius 3 is 2.54 bits per heavy atom. The summed E-state index contributed by atoms with van der Waals surface area (Å²) < 4.78 is 0. The third-order valence-corrected chi connectivity index (χ3v) is 6.22. The molecule has 3 aliphatic carbocycles. The van der Waals surface area contributed by atoms with E-state index in [1.54, 1.807) is 0 Å². The second kappa shape index (κ2) is 9.94. The van der Waals surface area contributed by atoms with Gasteiger partial charge in [0, 0.05) is 31.6 Å². The number of amides is 1. The number of carbonyl (C=O) groups is 1. The highest BCUT2D eigenvalue weighted by Crippen LogP contribution is 2.46. The van der Waals surface area contributed by atoms with Crippen molar-refractivity contribution >= 4 is 35.8 Å². The zero-order valence-electron chi connectivity index (χ0n) is 16.7. The van der Waals surface area contributed by atoms with Crippen molar-refractivity contribution in [2.45, 2.75) is 62.9 Å². The third kappa shape index (κ3) is 5.84. The van der Waals surface area contributed by atoms with Crippen LogP contribution in [0.15, 0.2) is 35.3 Å². The van der Waals surface area contributed by atoms with E-state index in [2.05, 4.69) is 51.3 Å². The molecular weight excluding hydrogens is 463 g/mol. The summed E-state index contributed by atoms with van der Waals surface area (Å²) in [5.41, 5.74) is 1.45. The number of hydrogen-bond donors (Lipinski definition) is 3. The van der Waals surface area contributed by atoms with Crippen LogP contribution in [0.3, 0.4) is 0 Å². The van der Waals surface area contributed by atoms with Gasteiger partial charge in [0.25, 0.3) is 0 Å². The summed E-state index contributed by atoms with van der Waals surface area (Å²) in [6.07, 6.45) is 7.71. The van der Waals surface area contributed by atoms with E-state index in [0.717, 1.165) is 51.0 Å². The summed E-state index contributed by atoms with van der Waals surface area (Å²) in [4.78, 5) is 16.8. The average Bonchev–Trinajstić information content (AvgIpc) is 3.62. The van der Waals surface area contributed by atoms with Crippen molar-refractivity contribution in [1.82, 2.24) is 16.0 Å². The highest BCUT2D eigenvalue weighted by atomic mass is 127. The lowest BCUT2D eigenvalue weighted by Gasteiger charge is -2.30. The number of halogens is 1. The first-order valence-corrected chi connectivity index (χ1v) is 10.6. The molecule has 3 saturated carbocycles. The van der Waals surface area contributed by atoms with Gasteiger partial charge in [-0.05, 0) is 55.9 Å². The van der Waals surface area contributed by atoms with Crippen molar-refractivity contribution in [3.05, 3.63) is 35.9 Å². The smallest absolute Gasteiger partial charge is 0.223 e. The minimum absolute atomic E-state index is 0. The van der Waals surface area contributed by atoms with Crippen molar-refractivity contribution in [2.75, 3.05) is 13.6 Å². The van der Waals surface area contributed by atoms with E-state index in [1.165, 1.54) is 12.0 Å². The molecule has 154 valence electrons. The van der Waals surface area contributed by atoms with E-state index in [1.807, 2.05) is 7.05 Å². The molecule has 3 N–H and O–H groups in total. The van der Waals surface area contributed by atoms with Gasteiger partial charge in [-0.1, -0.05) is 36.8 Å². The molecule has 1 aromatic carbocycles. The molecule has 0 heterocycles. The molecular formula is C22H33IN4O. The van der Waals surface area contributed by atoms with Crippen molar-refractivity contribution in [1.29, 1.82) is 0 Å². The molecule has 0 bridgehead atoms. The summed E-state index contributed by atoms with van der Waals surface area (Å²) in [7, 11) is 1.83. The van der Waals surface area contributed by atoms with Gasteiger partial charge < -0.3 is 16.0 Å². The molecule has 1 aromatic rings. The summed E-state index contributed by atoms with van der Waals surface area (Å²) in [6.45, 7) is 0.956. The van der Waals surface area contributed by atoms with E-state index >= 15 is 0 Å². The number of hydrogen-bond acceptors (Lipinski definition) is 2. The molecule has 4 rings (SSSR count). The standard InChI is InChI=1S/C22H32N4O.HI/c1-23-22(24-14-17-13-20(17)15-6-3-2-4-7-15)26-19-9-5-8-16(12-19)21(27)25-18-10-11-18;/h2-4,6-7,16-20H,5,8-14H2,1H3,(H,25,27)(H2,23,24,26);1H. The van der Waals surface area contributed by atoms with Crippen LogP contribution in [0.5, 0.6) is 0 Å². The molecule has 3 aliphatic rings. The van der Waals surface area contributed by atoms with Crippen molar-refractivity contribution in [3.8, 4) is 0 Å². The topological polar surface area (TPSA) is 65.5 Å². The first-order chi connectivity index (χ1) is 13.2. The maximum atomic E-state index is 12.4. The molecule has 0 aromatic heterocycles. The molecule has 0 saturated heterocycles. The van der Waals surface area contributed by atoms with Gasteiger partial charge in [-0.15, -0.1) is 24.0 Å². The van der Waals surface area contributed by atoms with Crippen LogP contribution in [-0.4, -0.2) is 37.5 Å². The second-order valence-electron chi connectivity index (χ2n) is 8.45. The van der Waals surface area contributed by atoms with E-state index in [-0.39, 0.29) is 35.8 Å². The van der Waals surface area contributed by atoms with Crippen LogP contribution in [-0.2, 0) is 4.79 Å². The monoisotopic (exact) mass is 496 g/mol. The van der Waals surface area contributed by atoms with Crippen LogP contribution in [0.25, 0.3) is 0 Å². The van der Waals surface area contributed by atoms with Gasteiger partial charge in [0.05, 0.1) is 0 Å². The van der Waals surface area contributed by atoms with Crippen LogP contribution >= 0.6 is 24.0 Å². The highest BCUT2D eigenvalue weighted by Gasteiger charge is 2.38. The lowest BCUT2D eigenvalue weighted by Crippen LogP contribution is -2.47. The van der Waals surface area contributed by atoms with Crippen molar-refractivity contribution in [2.24, 2.45) is 16.8 Å². The van der Waals surface area contributed by atoms with Crippen LogP contribution < -0.4 is 16.0 Å². The fourth-order valence-electron chi connectivity index (χ4n) is 4.30. The van der Waals surface area contributed by atoms with Gasteiger partial charge in [-0.3, -0.25) is 9.79 Å². The fraction of sp³-hybridized carbons (Fsp3) is 0.636. The van der Waals surface area contributed by atoms with E-state index in [9.17, 15) is 4.79 Å². The lowest BCUT2D eigenvalue weighted by atomic mass is 9.85. The third-order valence-electron chi connectivity index (χ3n) is 6.22. The summed E-state index contributed by atoms with van der Waals surface area (Å²) in [6, 6.07) is 11.6. The minimum atomic E-state index is 0. The molecule has 0 radical (unpaired) electrons. The molecule has 28 heavy (non-hydrogen) atoms. The summed E-state index contributed by atoms with van der Waals surface area (Å²) >= 11 is 0. The SMILES string of the molecule is CN=C(NCC1CC1c1ccccc1)NC1CCCC(C(=O)NC2CC2)C1.I. The number of benzene rings is 1. The van der Waals surface area contributed by atoms with Crippen LogP contribution in [0.2, 0.25) is 0 Å². The molecule has 6 heteroatoms. The van der Waals surface area contributed by atoms with Crippen molar-refractivity contribution in [3.63, 3.8) is 0 Å². The van der Waals surface area contributed by atoms with Gasteiger partial charge in [0.15, 0.2) is 5.96 Å². The van der Waals surface area contributed by atoms with Gasteiger partial charge in [0.2, 0.25) is 5.91 Å². The molecule has 4 unspecified atom stereocenters. The Bertz CT molecular complexity index is 676. The lowest BCUT2D eigenvalue weighted by molar-refractivity contribution is -0.126. The zero-order chi connectivity index (χ0) is 18.6. The Hall–Kier alpha value is -1.31. The highest BCUT2D eigenvalue weighted by molar-refractivity contribution is 14.0. The quantitative estimate of drug-likeness (QED) is 0.322.